The summed E-state index contributed by atoms with van der Waals surface area (Å²) in [5.41, 5.74) is 3.74. The molecule has 2 aromatic carbocycles. The van der Waals surface area contributed by atoms with Gasteiger partial charge in [-0.2, -0.15) is 0 Å². The number of anilines is 2. The fourth-order valence-electron chi connectivity index (χ4n) is 4.49. The van der Waals surface area contributed by atoms with Crippen LogP contribution in [0.25, 0.3) is 0 Å². The van der Waals surface area contributed by atoms with E-state index in [0.29, 0.717) is 6.54 Å². The molecule has 2 heterocycles. The van der Waals surface area contributed by atoms with Gasteiger partial charge in [0, 0.05) is 25.8 Å². The van der Waals surface area contributed by atoms with E-state index in [0.717, 1.165) is 44.5 Å². The first-order chi connectivity index (χ1) is 15.0. The molecule has 0 radical (unpaired) electrons. The van der Waals surface area contributed by atoms with Gasteiger partial charge in [-0.05, 0) is 61.7 Å². The molecule has 6 nitrogen and oxygen atoms in total. The molecule has 0 spiro atoms. The van der Waals surface area contributed by atoms with Crippen molar-refractivity contribution in [2.75, 3.05) is 43.4 Å². The number of likely N-dealkylation sites (N-methyl/N-ethyl adjacent to an activating group) is 1. The van der Waals surface area contributed by atoms with Crippen molar-refractivity contribution in [3.8, 4) is 0 Å². The lowest BCUT2D eigenvalue weighted by Crippen LogP contribution is -2.43. The monoisotopic (exact) mass is 424 g/mol. The van der Waals surface area contributed by atoms with Crippen molar-refractivity contribution in [3.63, 3.8) is 0 Å². The summed E-state index contributed by atoms with van der Waals surface area (Å²) in [7, 11) is 2.10. The molecule has 31 heavy (non-hydrogen) atoms. The molecule has 2 aliphatic rings. The number of fused-ring (bicyclic) bond motifs is 1. The lowest BCUT2D eigenvalue weighted by molar-refractivity contribution is -0.136. The van der Waals surface area contributed by atoms with Gasteiger partial charge in [0.1, 0.15) is 5.82 Å². The Morgan fingerprint density at radius 3 is 2.58 bits per heavy atom. The van der Waals surface area contributed by atoms with Crippen LogP contribution in [0.1, 0.15) is 36.4 Å². The average molecular weight is 425 g/mol. The molecule has 1 atom stereocenters. The quantitative estimate of drug-likeness (QED) is 0.724. The largest absolute Gasteiger partial charge is 0.374 e. The van der Waals surface area contributed by atoms with Crippen LogP contribution in [0, 0.1) is 5.82 Å². The number of benzene rings is 2. The highest BCUT2D eigenvalue weighted by Gasteiger charge is 2.26. The maximum absolute atomic E-state index is 13.8. The number of hydrogen-bond donors (Lipinski definition) is 2. The first kappa shape index (κ1) is 21.3. The van der Waals surface area contributed by atoms with Gasteiger partial charge in [-0.1, -0.05) is 30.7 Å². The van der Waals surface area contributed by atoms with Crippen molar-refractivity contribution >= 4 is 23.2 Å². The van der Waals surface area contributed by atoms with E-state index >= 15 is 0 Å². The van der Waals surface area contributed by atoms with Gasteiger partial charge in [0.25, 0.3) is 0 Å². The van der Waals surface area contributed by atoms with Crippen LogP contribution in [0.15, 0.2) is 42.5 Å². The SMILES string of the molecule is CN1CCc2cc([C@@H](CNC(=O)C(=O)Nc3ccccc3F)N3CCCCC3)ccc21. The minimum Gasteiger partial charge on any atom is -0.374 e. The van der Waals surface area contributed by atoms with E-state index in [1.165, 1.54) is 35.9 Å². The van der Waals surface area contributed by atoms with Gasteiger partial charge in [-0.3, -0.25) is 14.5 Å². The second kappa shape index (κ2) is 9.47. The fourth-order valence-corrected chi connectivity index (χ4v) is 4.49. The van der Waals surface area contributed by atoms with Crippen molar-refractivity contribution in [2.24, 2.45) is 0 Å². The normalized spacial score (nSPS) is 17.2. The van der Waals surface area contributed by atoms with Crippen LogP contribution in [0.4, 0.5) is 15.8 Å². The number of likely N-dealkylation sites (tertiary alicyclic amines) is 1. The predicted octanol–water partition coefficient (Wildman–Crippen LogP) is 3.10. The van der Waals surface area contributed by atoms with E-state index in [-0.39, 0.29) is 11.7 Å². The molecule has 2 N–H and O–H groups in total. The highest BCUT2D eigenvalue weighted by Crippen LogP contribution is 2.32. The molecule has 0 saturated carbocycles. The fraction of sp³-hybridized carbons (Fsp3) is 0.417. The van der Waals surface area contributed by atoms with Crippen LogP contribution in [0.2, 0.25) is 0 Å². The molecule has 0 aliphatic carbocycles. The summed E-state index contributed by atoms with van der Waals surface area (Å²) in [6.45, 7) is 3.29. The third-order valence-corrected chi connectivity index (χ3v) is 6.23. The number of nitrogens with zero attached hydrogens (tertiary/aromatic N) is 2. The van der Waals surface area contributed by atoms with Crippen LogP contribution >= 0.6 is 0 Å². The Morgan fingerprint density at radius 1 is 1.03 bits per heavy atom. The molecule has 2 amide bonds. The second-order valence-electron chi connectivity index (χ2n) is 8.32. The summed E-state index contributed by atoms with van der Waals surface area (Å²) in [5, 5.41) is 5.12. The number of hydrogen-bond acceptors (Lipinski definition) is 4. The van der Waals surface area contributed by atoms with E-state index in [4.69, 9.17) is 0 Å². The summed E-state index contributed by atoms with van der Waals surface area (Å²) in [4.78, 5) is 29.3. The van der Waals surface area contributed by atoms with Crippen LogP contribution in [-0.4, -0.2) is 49.9 Å². The van der Waals surface area contributed by atoms with Crippen molar-refractivity contribution in [2.45, 2.75) is 31.7 Å². The van der Waals surface area contributed by atoms with Crippen molar-refractivity contribution in [1.82, 2.24) is 10.2 Å². The minimum absolute atomic E-state index is 0.00159. The van der Waals surface area contributed by atoms with Gasteiger partial charge in [0.2, 0.25) is 0 Å². The van der Waals surface area contributed by atoms with Crippen molar-refractivity contribution in [1.29, 1.82) is 0 Å². The summed E-state index contributed by atoms with van der Waals surface area (Å²) in [6, 6.07) is 12.3. The lowest BCUT2D eigenvalue weighted by Gasteiger charge is -2.35. The summed E-state index contributed by atoms with van der Waals surface area (Å²) in [5.74, 6) is -2.19. The Hall–Kier alpha value is -2.93. The zero-order valence-corrected chi connectivity index (χ0v) is 17.9. The van der Waals surface area contributed by atoms with Crippen molar-refractivity contribution < 1.29 is 14.0 Å². The van der Waals surface area contributed by atoms with Gasteiger partial charge in [-0.25, -0.2) is 4.39 Å². The van der Waals surface area contributed by atoms with E-state index in [1.807, 2.05) is 0 Å². The number of carbonyl (C=O) groups is 2. The summed E-state index contributed by atoms with van der Waals surface area (Å²) in [6.07, 6.45) is 4.50. The average Bonchev–Trinajstić information content (AvgIpc) is 3.16. The Morgan fingerprint density at radius 2 is 1.81 bits per heavy atom. The van der Waals surface area contributed by atoms with Crippen LogP contribution < -0.4 is 15.5 Å². The predicted molar refractivity (Wildman–Crippen MR) is 120 cm³/mol. The van der Waals surface area contributed by atoms with E-state index in [2.05, 4.69) is 45.7 Å². The summed E-state index contributed by atoms with van der Waals surface area (Å²) < 4.78 is 13.8. The van der Waals surface area contributed by atoms with Crippen LogP contribution in [0.3, 0.4) is 0 Å². The molecule has 4 rings (SSSR count). The van der Waals surface area contributed by atoms with Gasteiger partial charge < -0.3 is 15.5 Å². The van der Waals surface area contributed by atoms with Crippen LogP contribution in [0.5, 0.6) is 0 Å². The summed E-state index contributed by atoms with van der Waals surface area (Å²) >= 11 is 0. The highest BCUT2D eigenvalue weighted by molar-refractivity contribution is 6.39. The standard InChI is InChI=1S/C24H29FN4O2/c1-28-14-11-18-15-17(9-10-21(18)28)22(29-12-5-2-6-13-29)16-26-23(30)24(31)27-20-8-4-3-7-19(20)25/h3-4,7-10,15,22H,2,5-6,11-14,16H2,1H3,(H,26,30)(H,27,31)/t22-/m1/s1. The number of nitrogens with one attached hydrogen (secondary N) is 2. The van der Waals surface area contributed by atoms with Gasteiger partial charge in [-0.15, -0.1) is 0 Å². The topological polar surface area (TPSA) is 64.7 Å². The maximum Gasteiger partial charge on any atom is 0.313 e. The molecule has 0 unspecified atom stereocenters. The highest BCUT2D eigenvalue weighted by atomic mass is 19.1. The number of rotatable bonds is 5. The first-order valence-electron chi connectivity index (χ1n) is 10.9. The number of halogens is 1. The number of carbonyl (C=O) groups excluding carboxylic acids is 2. The molecule has 0 bridgehead atoms. The Labute approximate surface area is 182 Å². The minimum atomic E-state index is -0.863. The van der Waals surface area contributed by atoms with E-state index in [9.17, 15) is 14.0 Å². The molecule has 1 fully saturated rings. The Bertz CT molecular complexity index is 958. The molecular weight excluding hydrogens is 395 g/mol. The molecule has 164 valence electrons. The van der Waals surface area contributed by atoms with Gasteiger partial charge in [0.05, 0.1) is 11.7 Å². The van der Waals surface area contributed by atoms with Gasteiger partial charge >= 0.3 is 11.8 Å². The Balaban J connectivity index is 1.46. The number of piperidine rings is 1. The lowest BCUT2D eigenvalue weighted by atomic mass is 9.98. The first-order valence-corrected chi connectivity index (χ1v) is 10.9. The molecule has 2 aliphatic heterocycles. The zero-order chi connectivity index (χ0) is 21.8. The third-order valence-electron chi connectivity index (χ3n) is 6.23. The third kappa shape index (κ3) is 4.88. The second-order valence-corrected chi connectivity index (χ2v) is 8.32. The van der Waals surface area contributed by atoms with E-state index in [1.54, 1.807) is 6.07 Å². The number of para-hydroxylation sites is 1. The Kier molecular flexibility index (Phi) is 6.51. The van der Waals surface area contributed by atoms with Gasteiger partial charge in [0.15, 0.2) is 0 Å². The smallest absolute Gasteiger partial charge is 0.313 e. The number of amides is 2. The molecule has 7 heteroatoms. The van der Waals surface area contributed by atoms with E-state index < -0.39 is 17.6 Å². The van der Waals surface area contributed by atoms with Crippen LogP contribution in [-0.2, 0) is 16.0 Å². The molecular formula is C24H29FN4O2. The zero-order valence-electron chi connectivity index (χ0n) is 17.9. The maximum atomic E-state index is 13.8. The molecule has 1 saturated heterocycles. The molecule has 0 aromatic heterocycles. The van der Waals surface area contributed by atoms with Crippen molar-refractivity contribution in [3.05, 3.63) is 59.4 Å². The molecule has 2 aromatic rings.